The van der Waals surface area contributed by atoms with Crippen LogP contribution in [-0.2, 0) is 22.7 Å². The summed E-state index contributed by atoms with van der Waals surface area (Å²) in [7, 11) is 0. The number of rotatable bonds is 5. The van der Waals surface area contributed by atoms with Crippen molar-refractivity contribution in [3.8, 4) is 0 Å². The number of hydrogen-bond donors (Lipinski definition) is 1. The fourth-order valence-electron chi connectivity index (χ4n) is 3.76. The van der Waals surface area contributed by atoms with Crippen molar-refractivity contribution < 1.29 is 14.0 Å². The number of nitrogens with one attached hydrogen (secondary N) is 1. The zero-order chi connectivity index (χ0) is 19.6. The van der Waals surface area contributed by atoms with Crippen LogP contribution >= 0.6 is 0 Å². The summed E-state index contributed by atoms with van der Waals surface area (Å²) in [4.78, 5) is 20.5. The largest absolute Gasteiger partial charge is 0.387 e. The predicted molar refractivity (Wildman–Crippen MR) is 105 cm³/mol. The van der Waals surface area contributed by atoms with E-state index in [1.54, 1.807) is 12.1 Å². The normalized spacial score (nSPS) is 21.6. The first-order valence-corrected chi connectivity index (χ1v) is 9.57. The summed E-state index contributed by atoms with van der Waals surface area (Å²) in [6, 6.07) is 14.6. The van der Waals surface area contributed by atoms with Crippen molar-refractivity contribution in [3.63, 3.8) is 0 Å². The molecule has 2 aliphatic heterocycles. The lowest BCUT2D eigenvalue weighted by molar-refractivity contribution is -0.115. The molecule has 1 amide bonds. The molecule has 1 fully saturated rings. The van der Waals surface area contributed by atoms with Crippen molar-refractivity contribution >= 4 is 11.6 Å². The Hall–Kier alpha value is -2.73. The number of benzene rings is 2. The van der Waals surface area contributed by atoms with Gasteiger partial charge in [0.2, 0.25) is 0 Å². The van der Waals surface area contributed by atoms with E-state index in [0.29, 0.717) is 18.7 Å². The van der Waals surface area contributed by atoms with Gasteiger partial charge in [-0.3, -0.25) is 9.69 Å². The molecule has 4 rings (SSSR count). The number of carbonyl (C=O) groups is 1. The summed E-state index contributed by atoms with van der Waals surface area (Å²) in [6.45, 7) is 4.98. The third-order valence-corrected chi connectivity index (χ3v) is 5.39. The fraction of sp³-hybridized carbons (Fsp3) is 0.364. The summed E-state index contributed by atoms with van der Waals surface area (Å²) < 4.78 is 13.0. The average Bonchev–Trinajstić information content (AvgIpc) is 3.30. The summed E-state index contributed by atoms with van der Waals surface area (Å²) in [5.41, 5.74) is 3.41. The average molecular weight is 381 g/mol. The number of carbonyl (C=O) groups excluding carboxylic acids is 1. The van der Waals surface area contributed by atoms with E-state index < -0.39 is 5.60 Å². The van der Waals surface area contributed by atoms with Gasteiger partial charge in [-0.05, 0) is 30.2 Å². The summed E-state index contributed by atoms with van der Waals surface area (Å²) in [5.74, 6) is -0.514. The second-order valence-corrected chi connectivity index (χ2v) is 7.74. The molecular weight excluding hydrogens is 357 g/mol. The zero-order valence-electron chi connectivity index (χ0n) is 16.0. The molecule has 2 aromatic carbocycles. The van der Waals surface area contributed by atoms with Crippen LogP contribution < -0.4 is 5.32 Å². The van der Waals surface area contributed by atoms with Gasteiger partial charge in [0.05, 0.1) is 0 Å². The molecule has 5 nitrogen and oxygen atoms in total. The van der Waals surface area contributed by atoms with Crippen LogP contribution in [0.4, 0.5) is 4.39 Å². The molecule has 0 bridgehead atoms. The van der Waals surface area contributed by atoms with Crippen molar-refractivity contribution in [1.82, 2.24) is 10.2 Å². The molecule has 0 aromatic heterocycles. The minimum atomic E-state index is -0.396. The van der Waals surface area contributed by atoms with Crippen LogP contribution in [0.2, 0.25) is 0 Å². The minimum absolute atomic E-state index is 0.224. The van der Waals surface area contributed by atoms with Gasteiger partial charge in [-0.25, -0.2) is 4.39 Å². The van der Waals surface area contributed by atoms with Crippen molar-refractivity contribution in [1.29, 1.82) is 0 Å². The first kappa shape index (κ1) is 18.6. The summed E-state index contributed by atoms with van der Waals surface area (Å²) in [5, 5.41) is 6.91. The highest BCUT2D eigenvalue weighted by atomic mass is 19.1. The Kier molecular flexibility index (Phi) is 5.13. The highest BCUT2D eigenvalue weighted by Gasteiger charge is 2.46. The number of likely N-dealkylation sites (tertiary alicyclic amines) is 1. The van der Waals surface area contributed by atoms with Gasteiger partial charge in [0.1, 0.15) is 11.5 Å². The van der Waals surface area contributed by atoms with Gasteiger partial charge >= 0.3 is 0 Å². The monoisotopic (exact) mass is 381 g/mol. The lowest BCUT2D eigenvalue weighted by Crippen LogP contribution is -2.36. The number of halogens is 1. The maximum absolute atomic E-state index is 13.0. The Bertz CT molecular complexity index is 880. The molecule has 2 aliphatic rings. The summed E-state index contributed by atoms with van der Waals surface area (Å²) in [6.07, 6.45) is 1.38. The highest BCUT2D eigenvalue weighted by molar-refractivity contribution is 6.39. The third-order valence-electron chi connectivity index (χ3n) is 5.39. The van der Waals surface area contributed by atoms with Crippen LogP contribution in [0.1, 0.15) is 29.5 Å². The molecule has 2 heterocycles. The number of amides is 1. The molecule has 0 unspecified atom stereocenters. The molecule has 6 heteroatoms. The molecule has 1 atom stereocenters. The van der Waals surface area contributed by atoms with Crippen LogP contribution in [0.15, 0.2) is 53.7 Å². The highest BCUT2D eigenvalue weighted by Crippen LogP contribution is 2.34. The van der Waals surface area contributed by atoms with E-state index >= 15 is 0 Å². The summed E-state index contributed by atoms with van der Waals surface area (Å²) >= 11 is 0. The smallest absolute Gasteiger partial charge is 0.269 e. The lowest BCUT2D eigenvalue weighted by atomic mass is 9.96. The van der Waals surface area contributed by atoms with Gasteiger partial charge in [-0.1, -0.05) is 47.1 Å². The van der Waals surface area contributed by atoms with Gasteiger partial charge < -0.3 is 10.2 Å². The number of aryl methyl sites for hydroxylation is 1. The molecule has 1 saturated heterocycles. The topological polar surface area (TPSA) is 53.9 Å². The van der Waals surface area contributed by atoms with Gasteiger partial charge in [-0.2, -0.15) is 0 Å². The molecule has 1 N–H and O–H groups in total. The van der Waals surface area contributed by atoms with E-state index in [1.807, 2.05) is 0 Å². The quantitative estimate of drug-likeness (QED) is 0.866. The SMILES string of the molecule is Cc1ccc(CN2CC[C@@]3(CC(C(=O)NCc4ccc(F)cc4)=NO3)C2)cc1. The Labute approximate surface area is 164 Å². The molecule has 2 aromatic rings. The van der Waals surface area contributed by atoms with E-state index in [1.165, 1.54) is 23.3 Å². The molecule has 0 aliphatic carbocycles. The Morgan fingerprint density at radius 3 is 2.64 bits per heavy atom. The number of hydrogen-bond acceptors (Lipinski definition) is 4. The first-order valence-electron chi connectivity index (χ1n) is 9.57. The third kappa shape index (κ3) is 4.22. The standard InChI is InChI=1S/C22H24FN3O2/c1-16-2-4-18(5-3-16)14-26-11-10-22(15-26)12-20(25-28-22)21(27)24-13-17-6-8-19(23)9-7-17/h2-9H,10-15H2,1H3,(H,24,27)/t22-/m1/s1. The van der Waals surface area contributed by atoms with Crippen LogP contribution in [-0.4, -0.2) is 35.2 Å². The lowest BCUT2D eigenvalue weighted by Gasteiger charge is -2.21. The number of oxime groups is 1. The molecule has 0 radical (unpaired) electrons. The van der Waals surface area contributed by atoms with E-state index in [0.717, 1.165) is 31.6 Å². The van der Waals surface area contributed by atoms with E-state index in [4.69, 9.17) is 4.84 Å². The van der Waals surface area contributed by atoms with E-state index in [9.17, 15) is 9.18 Å². The Morgan fingerprint density at radius 2 is 1.89 bits per heavy atom. The Balaban J connectivity index is 1.28. The van der Waals surface area contributed by atoms with Crippen LogP contribution in [0.5, 0.6) is 0 Å². The second kappa shape index (κ2) is 7.72. The zero-order valence-corrected chi connectivity index (χ0v) is 16.0. The molecule has 1 spiro atoms. The predicted octanol–water partition coefficient (Wildman–Crippen LogP) is 3.17. The van der Waals surface area contributed by atoms with Gasteiger partial charge in [-0.15, -0.1) is 0 Å². The molecular formula is C22H24FN3O2. The fourth-order valence-corrected chi connectivity index (χ4v) is 3.76. The van der Waals surface area contributed by atoms with Gasteiger partial charge in [0, 0.05) is 39.0 Å². The van der Waals surface area contributed by atoms with Crippen molar-refractivity contribution in [2.24, 2.45) is 5.16 Å². The second-order valence-electron chi connectivity index (χ2n) is 7.74. The molecule has 146 valence electrons. The first-order chi connectivity index (χ1) is 13.5. The molecule has 28 heavy (non-hydrogen) atoms. The minimum Gasteiger partial charge on any atom is -0.387 e. The maximum Gasteiger partial charge on any atom is 0.269 e. The van der Waals surface area contributed by atoms with E-state index in [-0.39, 0.29) is 11.7 Å². The van der Waals surface area contributed by atoms with Gasteiger partial charge in [0.15, 0.2) is 5.60 Å². The molecule has 0 saturated carbocycles. The van der Waals surface area contributed by atoms with Crippen molar-refractivity contribution in [2.75, 3.05) is 13.1 Å². The van der Waals surface area contributed by atoms with Crippen LogP contribution in [0.3, 0.4) is 0 Å². The number of nitrogens with zero attached hydrogens (tertiary/aromatic N) is 2. The van der Waals surface area contributed by atoms with E-state index in [2.05, 4.69) is 46.6 Å². The maximum atomic E-state index is 13.0. The van der Waals surface area contributed by atoms with Crippen LogP contribution in [0, 0.1) is 12.7 Å². The van der Waals surface area contributed by atoms with Gasteiger partial charge in [0.25, 0.3) is 5.91 Å². The van der Waals surface area contributed by atoms with Crippen molar-refractivity contribution in [3.05, 3.63) is 71.0 Å². The van der Waals surface area contributed by atoms with Crippen LogP contribution in [0.25, 0.3) is 0 Å². The van der Waals surface area contributed by atoms with Crippen molar-refractivity contribution in [2.45, 2.75) is 38.5 Å². The Morgan fingerprint density at radius 1 is 1.18 bits per heavy atom.